The van der Waals surface area contributed by atoms with Crippen molar-refractivity contribution in [2.75, 3.05) is 13.1 Å². The monoisotopic (exact) mass is 348 g/mol. The first-order chi connectivity index (χ1) is 11.9. The number of carbonyl (C=O) groups excluding carboxylic acids is 1. The third kappa shape index (κ3) is 5.03. The first-order valence-corrected chi connectivity index (χ1v) is 9.78. The zero-order valence-corrected chi connectivity index (χ0v) is 15.9. The molecule has 1 N–H and O–H groups in total. The van der Waals surface area contributed by atoms with Crippen molar-refractivity contribution in [2.45, 2.75) is 89.6 Å². The molecule has 6 heteroatoms. The van der Waals surface area contributed by atoms with Crippen LogP contribution < -0.4 is 5.32 Å². The van der Waals surface area contributed by atoms with Crippen molar-refractivity contribution in [3.8, 4) is 0 Å². The number of aromatic nitrogens is 2. The van der Waals surface area contributed by atoms with E-state index in [0.717, 1.165) is 37.8 Å². The van der Waals surface area contributed by atoms with E-state index in [1.807, 2.05) is 0 Å². The first kappa shape index (κ1) is 18.4. The Labute approximate surface area is 150 Å². The lowest BCUT2D eigenvalue weighted by Crippen LogP contribution is -2.39. The lowest BCUT2D eigenvalue weighted by molar-refractivity contribution is -0.121. The maximum atomic E-state index is 12.2. The van der Waals surface area contributed by atoms with Crippen LogP contribution in [0.1, 0.15) is 77.4 Å². The summed E-state index contributed by atoms with van der Waals surface area (Å²) in [5.41, 5.74) is -0.104. The average molecular weight is 348 g/mol. The standard InChI is InChI=1S/C19H32N4O2/c1-19(2,3)18-21-17(25-22-18)10-6-9-16(24)20-14-11-12-23(13-14)15-7-4-5-8-15/h14-15H,4-13H2,1-3H3,(H,20,24)/t14-/m1/s1. The van der Waals surface area contributed by atoms with Gasteiger partial charge in [-0.25, -0.2) is 0 Å². The summed E-state index contributed by atoms with van der Waals surface area (Å²) in [6, 6.07) is 1.08. The maximum Gasteiger partial charge on any atom is 0.226 e. The van der Waals surface area contributed by atoms with Gasteiger partial charge in [-0.15, -0.1) is 0 Å². The first-order valence-electron chi connectivity index (χ1n) is 9.78. The zero-order valence-electron chi connectivity index (χ0n) is 15.9. The SMILES string of the molecule is CC(C)(C)c1noc(CCCC(=O)N[C@@H]2CCN(C3CCCC3)C2)n1. The number of hydrogen-bond donors (Lipinski definition) is 1. The molecule has 1 saturated heterocycles. The zero-order chi connectivity index (χ0) is 17.9. The van der Waals surface area contributed by atoms with Gasteiger partial charge in [-0.1, -0.05) is 38.8 Å². The van der Waals surface area contributed by atoms with Gasteiger partial charge in [0.05, 0.1) is 0 Å². The second kappa shape index (κ2) is 7.85. The van der Waals surface area contributed by atoms with Crippen molar-refractivity contribution >= 4 is 5.91 Å². The molecule has 140 valence electrons. The van der Waals surface area contributed by atoms with Crippen LogP contribution in [0.15, 0.2) is 4.52 Å². The highest BCUT2D eigenvalue weighted by Crippen LogP contribution is 2.26. The molecule has 25 heavy (non-hydrogen) atoms. The van der Waals surface area contributed by atoms with Gasteiger partial charge in [-0.05, 0) is 25.7 Å². The predicted molar refractivity (Wildman–Crippen MR) is 96.3 cm³/mol. The molecule has 0 spiro atoms. The number of rotatable bonds is 6. The van der Waals surface area contributed by atoms with Crippen LogP contribution in [-0.4, -0.2) is 46.1 Å². The smallest absolute Gasteiger partial charge is 0.226 e. The number of carbonyl (C=O) groups is 1. The number of hydrogen-bond acceptors (Lipinski definition) is 5. The Morgan fingerprint density at radius 3 is 2.72 bits per heavy atom. The maximum absolute atomic E-state index is 12.2. The lowest BCUT2D eigenvalue weighted by Gasteiger charge is -2.23. The molecule has 1 atom stereocenters. The fourth-order valence-corrected chi connectivity index (χ4v) is 3.87. The highest BCUT2D eigenvalue weighted by Gasteiger charge is 2.30. The molecule has 1 aliphatic heterocycles. The molecule has 2 aliphatic rings. The van der Waals surface area contributed by atoms with Crippen LogP contribution in [0, 0.1) is 0 Å². The van der Waals surface area contributed by atoms with Gasteiger partial charge in [0.15, 0.2) is 5.82 Å². The molecule has 2 heterocycles. The quantitative estimate of drug-likeness (QED) is 0.856. The second-order valence-corrected chi connectivity index (χ2v) is 8.60. The van der Waals surface area contributed by atoms with Gasteiger partial charge >= 0.3 is 0 Å². The third-order valence-corrected chi connectivity index (χ3v) is 5.36. The Morgan fingerprint density at radius 1 is 1.28 bits per heavy atom. The molecule has 6 nitrogen and oxygen atoms in total. The topological polar surface area (TPSA) is 71.3 Å². The number of nitrogens with zero attached hydrogens (tertiary/aromatic N) is 3. The molecule has 0 radical (unpaired) electrons. The molecule has 3 rings (SSSR count). The van der Waals surface area contributed by atoms with E-state index in [1.165, 1.54) is 25.7 Å². The Morgan fingerprint density at radius 2 is 2.04 bits per heavy atom. The molecule has 1 aromatic rings. The molecule has 1 amide bonds. The van der Waals surface area contributed by atoms with Gasteiger partial charge in [-0.2, -0.15) is 4.98 Å². The van der Waals surface area contributed by atoms with Crippen molar-refractivity contribution < 1.29 is 9.32 Å². The minimum absolute atomic E-state index is 0.104. The van der Waals surface area contributed by atoms with Crippen molar-refractivity contribution in [1.82, 2.24) is 20.4 Å². The van der Waals surface area contributed by atoms with E-state index >= 15 is 0 Å². The minimum atomic E-state index is -0.104. The molecule has 0 aromatic carbocycles. The summed E-state index contributed by atoms with van der Waals surface area (Å²) in [5, 5.41) is 7.22. The van der Waals surface area contributed by atoms with E-state index in [0.29, 0.717) is 24.8 Å². The number of aryl methyl sites for hydroxylation is 1. The molecule has 0 unspecified atom stereocenters. The number of amides is 1. The van der Waals surface area contributed by atoms with E-state index in [4.69, 9.17) is 4.52 Å². The van der Waals surface area contributed by atoms with Crippen LogP contribution in [0.4, 0.5) is 0 Å². The van der Waals surface area contributed by atoms with Gasteiger partial charge in [0, 0.05) is 43.4 Å². The number of likely N-dealkylation sites (tertiary alicyclic amines) is 1. The van der Waals surface area contributed by atoms with Crippen LogP contribution in [0.25, 0.3) is 0 Å². The molecular formula is C19H32N4O2. The minimum Gasteiger partial charge on any atom is -0.352 e. The van der Waals surface area contributed by atoms with E-state index in [2.05, 4.69) is 41.1 Å². The van der Waals surface area contributed by atoms with E-state index in [1.54, 1.807) is 0 Å². The predicted octanol–water partition coefficient (Wildman–Crippen LogP) is 2.82. The lowest BCUT2D eigenvalue weighted by atomic mass is 9.96. The third-order valence-electron chi connectivity index (χ3n) is 5.36. The van der Waals surface area contributed by atoms with Gasteiger partial charge in [0.1, 0.15) is 0 Å². The highest BCUT2D eigenvalue weighted by molar-refractivity contribution is 5.76. The summed E-state index contributed by atoms with van der Waals surface area (Å²) in [6.45, 7) is 8.34. The summed E-state index contributed by atoms with van der Waals surface area (Å²) in [6.07, 6.45) is 8.42. The number of nitrogens with one attached hydrogen (secondary N) is 1. The second-order valence-electron chi connectivity index (χ2n) is 8.60. The van der Waals surface area contributed by atoms with Gasteiger partial charge < -0.3 is 9.84 Å². The Kier molecular flexibility index (Phi) is 5.77. The molecule has 1 saturated carbocycles. The van der Waals surface area contributed by atoms with Crippen molar-refractivity contribution in [3.63, 3.8) is 0 Å². The van der Waals surface area contributed by atoms with Gasteiger partial charge in [0.2, 0.25) is 11.8 Å². The molecule has 0 bridgehead atoms. The van der Waals surface area contributed by atoms with Crippen molar-refractivity contribution in [2.24, 2.45) is 0 Å². The normalized spacial score (nSPS) is 22.6. The van der Waals surface area contributed by atoms with Crippen LogP contribution in [0.5, 0.6) is 0 Å². The van der Waals surface area contributed by atoms with Crippen molar-refractivity contribution in [1.29, 1.82) is 0 Å². The summed E-state index contributed by atoms with van der Waals surface area (Å²) >= 11 is 0. The molecule has 2 fully saturated rings. The van der Waals surface area contributed by atoms with Crippen LogP contribution in [-0.2, 0) is 16.6 Å². The highest BCUT2D eigenvalue weighted by atomic mass is 16.5. The van der Waals surface area contributed by atoms with Crippen molar-refractivity contribution in [3.05, 3.63) is 11.7 Å². The summed E-state index contributed by atoms with van der Waals surface area (Å²) in [7, 11) is 0. The van der Waals surface area contributed by atoms with Gasteiger partial charge in [0.25, 0.3) is 0 Å². The Hall–Kier alpha value is -1.43. The van der Waals surface area contributed by atoms with E-state index in [9.17, 15) is 4.79 Å². The summed E-state index contributed by atoms with van der Waals surface area (Å²) in [4.78, 5) is 19.2. The van der Waals surface area contributed by atoms with Crippen LogP contribution >= 0.6 is 0 Å². The Bertz CT molecular complexity index is 572. The fraction of sp³-hybridized carbons (Fsp3) is 0.842. The Balaban J connectivity index is 1.35. The molecular weight excluding hydrogens is 316 g/mol. The fourth-order valence-electron chi connectivity index (χ4n) is 3.87. The van der Waals surface area contributed by atoms with E-state index in [-0.39, 0.29) is 11.3 Å². The molecule has 1 aromatic heterocycles. The van der Waals surface area contributed by atoms with Crippen LogP contribution in [0.2, 0.25) is 0 Å². The largest absolute Gasteiger partial charge is 0.352 e. The summed E-state index contributed by atoms with van der Waals surface area (Å²) < 4.78 is 5.28. The average Bonchev–Trinajstić information content (AvgIpc) is 3.27. The molecule has 1 aliphatic carbocycles. The van der Waals surface area contributed by atoms with Crippen LogP contribution in [0.3, 0.4) is 0 Å². The summed E-state index contributed by atoms with van der Waals surface area (Å²) in [5.74, 6) is 1.50. The van der Waals surface area contributed by atoms with Gasteiger partial charge in [-0.3, -0.25) is 9.69 Å². The van der Waals surface area contributed by atoms with E-state index < -0.39 is 0 Å².